The Balaban J connectivity index is 0.937. The molecule has 4 heterocycles. The Labute approximate surface area is 314 Å². The molecule has 0 saturated carbocycles. The molecule has 5 amide bonds. The van der Waals surface area contributed by atoms with E-state index >= 15 is 0 Å². The molecule has 1 unspecified atom stereocenters. The van der Waals surface area contributed by atoms with Crippen LogP contribution in [0, 0.1) is 5.82 Å². The highest BCUT2D eigenvalue weighted by molar-refractivity contribution is 7.13. The van der Waals surface area contributed by atoms with Crippen LogP contribution in [-0.2, 0) is 22.7 Å². The van der Waals surface area contributed by atoms with E-state index in [4.69, 9.17) is 0 Å². The normalized spacial score (nSPS) is 16.7. The molecule has 0 aliphatic carbocycles. The molecule has 274 valence electrons. The SMILES string of the molecule is O=C1CCN(c2ccccc2CN2CCN(c3ccc(-c4ccc5c(c4)C(=O)N(C(C(=O)Nc4nccs4)c4cc(F)ccc4O)C5)cc3)CC2)C(=O)N1. The van der Waals surface area contributed by atoms with E-state index in [1.165, 1.54) is 28.5 Å². The summed E-state index contributed by atoms with van der Waals surface area (Å²) in [6.45, 7) is 4.46. The summed E-state index contributed by atoms with van der Waals surface area (Å²) in [7, 11) is 0. The lowest BCUT2D eigenvalue weighted by Gasteiger charge is -2.37. The molecule has 12 nitrogen and oxygen atoms in total. The van der Waals surface area contributed by atoms with Gasteiger partial charge in [-0.15, -0.1) is 11.3 Å². The Morgan fingerprint density at radius 1 is 0.926 bits per heavy atom. The highest BCUT2D eigenvalue weighted by Gasteiger charge is 2.39. The van der Waals surface area contributed by atoms with Crippen molar-refractivity contribution in [3.8, 4) is 16.9 Å². The lowest BCUT2D eigenvalue weighted by molar-refractivity contribution is -0.121. The van der Waals surface area contributed by atoms with Crippen LogP contribution in [0.2, 0.25) is 0 Å². The zero-order valence-corrected chi connectivity index (χ0v) is 29.9. The van der Waals surface area contributed by atoms with E-state index in [9.17, 15) is 28.7 Å². The molecule has 3 aliphatic rings. The number of aromatic nitrogens is 1. The van der Waals surface area contributed by atoms with Crippen LogP contribution in [0.4, 0.5) is 25.7 Å². The second-order valence-electron chi connectivity index (χ2n) is 13.4. The monoisotopic (exact) mass is 745 g/mol. The van der Waals surface area contributed by atoms with Gasteiger partial charge in [0.2, 0.25) is 5.91 Å². The van der Waals surface area contributed by atoms with Crippen molar-refractivity contribution >= 4 is 51.6 Å². The molecule has 2 fully saturated rings. The number of nitrogens with one attached hydrogen (secondary N) is 2. The molecular formula is C40H36FN7O5S. The first-order valence-corrected chi connectivity index (χ1v) is 18.5. The van der Waals surface area contributed by atoms with Crippen LogP contribution < -0.4 is 20.4 Å². The number of piperazine rings is 1. The van der Waals surface area contributed by atoms with Gasteiger partial charge >= 0.3 is 6.03 Å². The predicted octanol–water partition coefficient (Wildman–Crippen LogP) is 5.76. The molecule has 3 N–H and O–H groups in total. The van der Waals surface area contributed by atoms with Crippen molar-refractivity contribution in [3.63, 3.8) is 0 Å². The van der Waals surface area contributed by atoms with Gasteiger partial charge in [0.05, 0.1) is 0 Å². The number of benzene rings is 4. The minimum absolute atomic E-state index is 0.0168. The molecule has 0 bridgehead atoms. The Morgan fingerprint density at radius 3 is 2.46 bits per heavy atom. The first-order chi connectivity index (χ1) is 26.2. The van der Waals surface area contributed by atoms with Gasteiger partial charge in [-0.1, -0.05) is 42.5 Å². The third kappa shape index (κ3) is 7.00. The van der Waals surface area contributed by atoms with Crippen molar-refractivity contribution in [1.82, 2.24) is 20.1 Å². The number of carbonyl (C=O) groups is 4. The zero-order valence-electron chi connectivity index (χ0n) is 29.1. The zero-order chi connectivity index (χ0) is 37.3. The van der Waals surface area contributed by atoms with E-state index in [0.717, 1.165) is 71.9 Å². The number of phenolic OH excluding ortho intramolecular Hbond substituents is 1. The number of fused-ring (bicyclic) bond motifs is 1. The van der Waals surface area contributed by atoms with E-state index in [1.807, 2.05) is 54.6 Å². The minimum atomic E-state index is -1.30. The number of hydrogen-bond acceptors (Lipinski definition) is 9. The van der Waals surface area contributed by atoms with Gasteiger partial charge in [0.25, 0.3) is 11.8 Å². The number of para-hydroxylation sites is 1. The molecule has 4 aromatic carbocycles. The average molecular weight is 746 g/mol. The first kappa shape index (κ1) is 34.9. The topological polar surface area (TPSA) is 138 Å². The van der Waals surface area contributed by atoms with Crippen LogP contribution in [0.3, 0.4) is 0 Å². The van der Waals surface area contributed by atoms with Crippen LogP contribution in [0.1, 0.15) is 39.5 Å². The van der Waals surface area contributed by atoms with Crippen LogP contribution in [0.15, 0.2) is 96.5 Å². The number of carbonyl (C=O) groups excluding carboxylic acids is 4. The number of amides is 5. The Morgan fingerprint density at radius 2 is 1.70 bits per heavy atom. The quantitative estimate of drug-likeness (QED) is 0.173. The maximum Gasteiger partial charge on any atom is 0.328 e. The highest BCUT2D eigenvalue weighted by Crippen LogP contribution is 2.38. The Hall–Kier alpha value is -6.12. The number of halogens is 1. The molecule has 8 rings (SSSR count). The number of anilines is 3. The van der Waals surface area contributed by atoms with Gasteiger partial charge in [-0.25, -0.2) is 14.2 Å². The Bertz CT molecular complexity index is 2240. The molecule has 14 heteroatoms. The van der Waals surface area contributed by atoms with E-state index in [0.29, 0.717) is 23.8 Å². The maximum absolute atomic E-state index is 14.4. The van der Waals surface area contributed by atoms with E-state index < -0.39 is 23.7 Å². The highest BCUT2D eigenvalue weighted by atomic mass is 32.1. The van der Waals surface area contributed by atoms with E-state index in [-0.39, 0.29) is 36.2 Å². The first-order valence-electron chi connectivity index (χ1n) is 17.6. The van der Waals surface area contributed by atoms with E-state index in [1.54, 1.807) is 10.3 Å². The number of urea groups is 1. The molecule has 0 radical (unpaired) electrons. The Kier molecular flexibility index (Phi) is 9.52. The minimum Gasteiger partial charge on any atom is -0.508 e. The molecule has 54 heavy (non-hydrogen) atoms. The molecule has 0 spiro atoms. The summed E-state index contributed by atoms with van der Waals surface area (Å²) in [6.07, 6.45) is 1.81. The number of aromatic hydroxyl groups is 1. The fourth-order valence-corrected chi connectivity index (χ4v) is 7.87. The molecule has 5 aromatic rings. The predicted molar refractivity (Wildman–Crippen MR) is 203 cm³/mol. The third-order valence-corrected chi connectivity index (χ3v) is 10.8. The average Bonchev–Trinajstić information content (AvgIpc) is 3.81. The smallest absolute Gasteiger partial charge is 0.328 e. The molecule has 1 atom stereocenters. The molecular weight excluding hydrogens is 710 g/mol. The number of nitrogens with zero attached hydrogens (tertiary/aromatic N) is 5. The summed E-state index contributed by atoms with van der Waals surface area (Å²) >= 11 is 1.21. The third-order valence-electron chi connectivity index (χ3n) is 10.1. The number of thiazole rings is 1. The number of phenols is 1. The fraction of sp³-hybridized carbons (Fsp3) is 0.225. The van der Waals surface area contributed by atoms with Crippen molar-refractivity contribution < 1.29 is 28.7 Å². The number of imide groups is 1. The van der Waals surface area contributed by atoms with Crippen molar-refractivity contribution in [2.45, 2.75) is 25.6 Å². The summed E-state index contributed by atoms with van der Waals surface area (Å²) in [5.74, 6) is -2.20. The summed E-state index contributed by atoms with van der Waals surface area (Å²) in [4.78, 5) is 63.5. The number of rotatable bonds is 9. The van der Waals surface area contributed by atoms with Crippen molar-refractivity contribution in [3.05, 3.63) is 125 Å². The van der Waals surface area contributed by atoms with Gasteiger partial charge < -0.3 is 14.9 Å². The second-order valence-corrected chi connectivity index (χ2v) is 14.3. The van der Waals surface area contributed by atoms with Crippen molar-refractivity contribution in [2.24, 2.45) is 0 Å². The summed E-state index contributed by atoms with van der Waals surface area (Å²) in [5.41, 5.74) is 5.85. The standard InChI is InChI=1S/C40H36FN7O5S/c41-29-9-12-34(49)32(22-29)36(37(51)44-39-42-14-20-54-39)48-24-27-6-5-26(21-31(27)38(48)52)25-7-10-30(11-8-25)46-18-16-45(17-19-46)23-28-3-1-2-4-33(28)47-15-13-35(50)43-40(47)53/h1-12,14,20-22,36,49H,13,15-19,23-24H2,(H,42,44,51)(H,43,50,53). The van der Waals surface area contributed by atoms with Gasteiger partial charge in [0.1, 0.15) is 17.6 Å². The molecule has 1 aromatic heterocycles. The largest absolute Gasteiger partial charge is 0.508 e. The van der Waals surface area contributed by atoms with Crippen molar-refractivity contribution in [2.75, 3.05) is 47.8 Å². The van der Waals surface area contributed by atoms with Gasteiger partial charge in [0, 0.05) is 86.3 Å². The lowest BCUT2D eigenvalue weighted by atomic mass is 10.00. The van der Waals surface area contributed by atoms with Crippen molar-refractivity contribution in [1.29, 1.82) is 0 Å². The maximum atomic E-state index is 14.4. The van der Waals surface area contributed by atoms with Gasteiger partial charge in [0.15, 0.2) is 5.13 Å². The second kappa shape index (κ2) is 14.7. The van der Waals surface area contributed by atoms with Crippen LogP contribution >= 0.6 is 11.3 Å². The van der Waals surface area contributed by atoms with E-state index in [2.05, 4.69) is 37.6 Å². The molecule has 2 saturated heterocycles. The van der Waals surface area contributed by atoms with Gasteiger partial charge in [-0.3, -0.25) is 34.8 Å². The van der Waals surface area contributed by atoms with Crippen LogP contribution in [-0.4, -0.2) is 76.4 Å². The van der Waals surface area contributed by atoms with Crippen LogP contribution in [0.5, 0.6) is 5.75 Å². The van der Waals surface area contributed by atoms with Crippen LogP contribution in [0.25, 0.3) is 11.1 Å². The van der Waals surface area contributed by atoms with Gasteiger partial charge in [-0.2, -0.15) is 0 Å². The fourth-order valence-electron chi connectivity index (χ4n) is 7.34. The molecule has 3 aliphatic heterocycles. The van der Waals surface area contributed by atoms with Gasteiger partial charge in [-0.05, 0) is 64.7 Å². The summed E-state index contributed by atoms with van der Waals surface area (Å²) in [5, 5.41) is 17.8. The number of hydrogen-bond donors (Lipinski definition) is 3. The summed E-state index contributed by atoms with van der Waals surface area (Å²) in [6, 6.07) is 23.3. The lowest BCUT2D eigenvalue weighted by Crippen LogP contribution is -2.50. The summed E-state index contributed by atoms with van der Waals surface area (Å²) < 4.78 is 14.4.